The number of carbonyl (C=O) groups is 2. The zero-order valence-electron chi connectivity index (χ0n) is 16.4. The molecule has 4 aliphatic rings. The number of rotatable bonds is 0. The summed E-state index contributed by atoms with van der Waals surface area (Å²) in [6.45, 7) is 9.82. The van der Waals surface area contributed by atoms with Crippen LogP contribution in [0, 0.1) is 28.1 Å². The predicted molar refractivity (Wildman–Crippen MR) is 102 cm³/mol. The lowest BCUT2D eigenvalue weighted by Crippen LogP contribution is -2.57. The second-order valence-corrected chi connectivity index (χ2v) is 10.4. The minimum absolute atomic E-state index is 0.00102. The molecular weight excluding hydrogens is 322 g/mol. The van der Waals surface area contributed by atoms with Gasteiger partial charge in [-0.25, -0.2) is 0 Å². The number of ketones is 2. The van der Waals surface area contributed by atoms with Gasteiger partial charge in [-0.3, -0.25) is 9.59 Å². The van der Waals surface area contributed by atoms with E-state index in [9.17, 15) is 9.59 Å². The zero-order chi connectivity index (χ0) is 18.5. The van der Waals surface area contributed by atoms with Gasteiger partial charge in [0.2, 0.25) is 11.6 Å². The van der Waals surface area contributed by atoms with Crippen LogP contribution in [-0.2, 0) is 11.2 Å². The first-order chi connectivity index (χ1) is 12.2. The van der Waals surface area contributed by atoms with Crippen molar-refractivity contribution in [2.75, 3.05) is 0 Å². The van der Waals surface area contributed by atoms with E-state index < -0.39 is 0 Å². The molecule has 4 unspecified atom stereocenters. The molecule has 4 atom stereocenters. The fourth-order valence-corrected chi connectivity index (χ4v) is 7.60. The highest BCUT2D eigenvalue weighted by Crippen LogP contribution is 2.69. The third-order valence-electron chi connectivity index (χ3n) is 8.79. The van der Waals surface area contributed by atoms with Gasteiger partial charge in [0.25, 0.3) is 0 Å². The van der Waals surface area contributed by atoms with Crippen molar-refractivity contribution in [2.24, 2.45) is 28.1 Å². The summed E-state index contributed by atoms with van der Waals surface area (Å²) >= 11 is 0. The third kappa shape index (κ3) is 1.80. The standard InChI is InChI=1S/C23H29NO2/c1-21(2)7-5-8-23(4)16(21)6-9-22(3)14-11-15(25)20(26)19-18(14)13(12-24-19)10-17(22)23/h11-12,16-17,24H,5-10H2,1-4H3. The van der Waals surface area contributed by atoms with Crippen molar-refractivity contribution in [3.8, 4) is 0 Å². The molecule has 0 aliphatic heterocycles. The summed E-state index contributed by atoms with van der Waals surface area (Å²) in [6.07, 6.45) is 11.0. The summed E-state index contributed by atoms with van der Waals surface area (Å²) in [5.41, 5.74) is 4.69. The quantitative estimate of drug-likeness (QED) is 0.671. The average Bonchev–Trinajstić information content (AvgIpc) is 2.98. The molecule has 0 radical (unpaired) electrons. The van der Waals surface area contributed by atoms with Gasteiger partial charge in [-0.05, 0) is 77.4 Å². The summed E-state index contributed by atoms with van der Waals surface area (Å²) in [7, 11) is 0. The number of fused-ring (bicyclic) bond motifs is 4. The third-order valence-corrected chi connectivity index (χ3v) is 8.79. The molecule has 26 heavy (non-hydrogen) atoms. The summed E-state index contributed by atoms with van der Waals surface area (Å²) in [5, 5.41) is 0. The van der Waals surface area contributed by atoms with Crippen LogP contribution in [0.5, 0.6) is 0 Å². The minimum Gasteiger partial charge on any atom is -0.358 e. The van der Waals surface area contributed by atoms with Crippen molar-refractivity contribution in [3.63, 3.8) is 0 Å². The fourth-order valence-electron chi connectivity index (χ4n) is 7.60. The minimum atomic E-state index is -0.365. The maximum absolute atomic E-state index is 12.4. The number of hydrogen-bond acceptors (Lipinski definition) is 2. The van der Waals surface area contributed by atoms with Crippen LogP contribution in [0.2, 0.25) is 0 Å². The van der Waals surface area contributed by atoms with E-state index in [0.717, 1.165) is 29.9 Å². The van der Waals surface area contributed by atoms with Crippen molar-refractivity contribution in [1.82, 2.24) is 4.98 Å². The highest BCUT2D eigenvalue weighted by Gasteiger charge is 2.61. The highest BCUT2D eigenvalue weighted by atomic mass is 16.2. The number of Topliss-reactive ketones (excluding diaryl/α,β-unsaturated/α-hetero) is 1. The molecule has 0 aromatic carbocycles. The number of aromatic nitrogens is 1. The zero-order valence-corrected chi connectivity index (χ0v) is 16.4. The van der Waals surface area contributed by atoms with Crippen LogP contribution in [0.3, 0.4) is 0 Å². The number of aromatic amines is 1. The molecule has 1 N–H and O–H groups in total. The first-order valence-electron chi connectivity index (χ1n) is 10.2. The Labute approximate surface area is 155 Å². The Hall–Kier alpha value is -1.64. The maximum atomic E-state index is 12.4. The average molecular weight is 351 g/mol. The van der Waals surface area contributed by atoms with E-state index in [-0.39, 0.29) is 17.0 Å². The first kappa shape index (κ1) is 16.5. The van der Waals surface area contributed by atoms with E-state index in [4.69, 9.17) is 0 Å². The molecule has 0 amide bonds. The van der Waals surface area contributed by atoms with Gasteiger partial charge in [0.1, 0.15) is 0 Å². The Balaban J connectivity index is 1.70. The van der Waals surface area contributed by atoms with E-state index >= 15 is 0 Å². The van der Waals surface area contributed by atoms with Gasteiger partial charge in [-0.1, -0.05) is 34.1 Å². The number of nitrogens with one attached hydrogen (secondary N) is 1. The lowest BCUT2D eigenvalue weighted by atomic mass is 9.40. The van der Waals surface area contributed by atoms with Gasteiger partial charge in [0.05, 0.1) is 5.69 Å². The molecule has 1 heterocycles. The van der Waals surface area contributed by atoms with Gasteiger partial charge in [-0.2, -0.15) is 0 Å². The molecule has 0 spiro atoms. The number of hydrogen-bond donors (Lipinski definition) is 1. The second-order valence-electron chi connectivity index (χ2n) is 10.4. The van der Waals surface area contributed by atoms with E-state index in [1.54, 1.807) is 6.08 Å². The molecule has 1 aromatic rings. The lowest BCUT2D eigenvalue weighted by molar-refractivity contribution is -0.115. The normalized spacial score (nSPS) is 40.4. The molecule has 1 aromatic heterocycles. The SMILES string of the molecule is CC1(C)CCCC2(C)C1CCC1(C)C3=CC(=O)C(=O)c4[nH]cc(c43)CC12. The van der Waals surface area contributed by atoms with E-state index in [1.807, 2.05) is 6.20 Å². The first-order valence-corrected chi connectivity index (χ1v) is 10.2. The molecule has 2 fully saturated rings. The van der Waals surface area contributed by atoms with Crippen LogP contribution in [0.1, 0.15) is 81.4 Å². The lowest BCUT2D eigenvalue weighted by Gasteiger charge is -2.64. The molecular formula is C23H29NO2. The second kappa shape index (κ2) is 4.79. The van der Waals surface area contributed by atoms with Crippen LogP contribution in [0.15, 0.2) is 12.3 Å². The Morgan fingerprint density at radius 3 is 2.58 bits per heavy atom. The monoisotopic (exact) mass is 351 g/mol. The summed E-state index contributed by atoms with van der Waals surface area (Å²) in [4.78, 5) is 27.9. The Morgan fingerprint density at radius 1 is 1.04 bits per heavy atom. The topological polar surface area (TPSA) is 49.9 Å². The molecule has 3 nitrogen and oxygen atoms in total. The van der Waals surface area contributed by atoms with Crippen molar-refractivity contribution >= 4 is 17.1 Å². The fraction of sp³-hybridized carbons (Fsp3) is 0.652. The van der Waals surface area contributed by atoms with E-state index in [0.29, 0.717) is 22.4 Å². The van der Waals surface area contributed by atoms with Crippen molar-refractivity contribution in [3.05, 3.63) is 29.1 Å². The van der Waals surface area contributed by atoms with Crippen molar-refractivity contribution in [2.45, 2.75) is 66.2 Å². The maximum Gasteiger partial charge on any atom is 0.249 e. The van der Waals surface area contributed by atoms with Crippen LogP contribution in [0.25, 0.3) is 5.57 Å². The van der Waals surface area contributed by atoms with E-state index in [2.05, 4.69) is 32.7 Å². The van der Waals surface area contributed by atoms with Crippen LogP contribution >= 0.6 is 0 Å². The molecule has 0 saturated heterocycles. The number of carbonyl (C=O) groups excluding carboxylic acids is 2. The summed E-state index contributed by atoms with van der Waals surface area (Å²) < 4.78 is 0. The largest absolute Gasteiger partial charge is 0.358 e. The highest BCUT2D eigenvalue weighted by molar-refractivity contribution is 6.50. The van der Waals surface area contributed by atoms with Crippen LogP contribution in [-0.4, -0.2) is 16.6 Å². The van der Waals surface area contributed by atoms with E-state index in [1.165, 1.54) is 31.2 Å². The summed E-state index contributed by atoms with van der Waals surface area (Å²) in [6, 6.07) is 0. The van der Waals surface area contributed by atoms with Gasteiger partial charge in [-0.15, -0.1) is 0 Å². The molecule has 4 aliphatic carbocycles. The molecule has 2 saturated carbocycles. The summed E-state index contributed by atoms with van der Waals surface area (Å²) in [5.74, 6) is 0.565. The molecule has 0 bridgehead atoms. The van der Waals surface area contributed by atoms with Crippen LogP contribution in [0.4, 0.5) is 0 Å². The van der Waals surface area contributed by atoms with Crippen molar-refractivity contribution < 1.29 is 9.59 Å². The van der Waals surface area contributed by atoms with Gasteiger partial charge in [0.15, 0.2) is 0 Å². The van der Waals surface area contributed by atoms with Gasteiger partial charge < -0.3 is 4.98 Å². The van der Waals surface area contributed by atoms with Crippen molar-refractivity contribution in [1.29, 1.82) is 0 Å². The van der Waals surface area contributed by atoms with Gasteiger partial charge >= 0.3 is 0 Å². The Morgan fingerprint density at radius 2 is 1.81 bits per heavy atom. The Kier molecular flexibility index (Phi) is 3.05. The van der Waals surface area contributed by atoms with Gasteiger partial charge in [0, 0.05) is 11.8 Å². The number of allylic oxidation sites excluding steroid dienone is 2. The molecule has 5 rings (SSSR count). The number of H-pyrrole nitrogens is 1. The smallest absolute Gasteiger partial charge is 0.249 e. The molecule has 138 valence electrons. The Bertz CT molecular complexity index is 873. The molecule has 3 heteroatoms. The predicted octanol–water partition coefficient (Wildman–Crippen LogP) is 4.97. The van der Waals surface area contributed by atoms with Crippen LogP contribution < -0.4 is 0 Å².